The zero-order chi connectivity index (χ0) is 19.4. The number of carbonyl (C=O) groups excluding carboxylic acids is 2. The van der Waals surface area contributed by atoms with Gasteiger partial charge in [-0.15, -0.1) is 11.3 Å². The minimum Gasteiger partial charge on any atom is -0.352 e. The summed E-state index contributed by atoms with van der Waals surface area (Å²) in [5, 5.41) is 5.53. The molecule has 7 nitrogen and oxygen atoms in total. The van der Waals surface area contributed by atoms with Gasteiger partial charge in [0.2, 0.25) is 5.91 Å². The van der Waals surface area contributed by atoms with E-state index in [1.54, 1.807) is 17.2 Å². The van der Waals surface area contributed by atoms with Gasteiger partial charge >= 0.3 is 6.03 Å². The highest BCUT2D eigenvalue weighted by Crippen LogP contribution is 2.27. The topological polar surface area (TPSA) is 91.6 Å². The molecular weight excluding hydrogens is 409 g/mol. The third-order valence-corrected chi connectivity index (χ3v) is 5.77. The van der Waals surface area contributed by atoms with Crippen LogP contribution in [0.1, 0.15) is 17.3 Å². The van der Waals surface area contributed by atoms with Gasteiger partial charge in [0.15, 0.2) is 0 Å². The molecule has 2 aromatic heterocycles. The lowest BCUT2D eigenvalue weighted by atomic mass is 10.1. The first-order valence-corrected chi connectivity index (χ1v) is 10.0. The van der Waals surface area contributed by atoms with Crippen LogP contribution in [-0.4, -0.2) is 48.0 Å². The van der Waals surface area contributed by atoms with Crippen molar-refractivity contribution in [3.05, 3.63) is 44.7 Å². The number of primary amides is 1. The molecule has 0 bridgehead atoms. The Labute approximate surface area is 171 Å². The molecule has 0 radical (unpaired) electrons. The van der Waals surface area contributed by atoms with Crippen molar-refractivity contribution in [1.82, 2.24) is 15.2 Å². The minimum absolute atomic E-state index is 0.0306. The molecule has 3 amide bonds. The molecule has 10 heteroatoms. The van der Waals surface area contributed by atoms with E-state index < -0.39 is 12.1 Å². The number of piperazine rings is 1. The van der Waals surface area contributed by atoms with Crippen molar-refractivity contribution >= 4 is 52.3 Å². The molecule has 0 saturated carbocycles. The van der Waals surface area contributed by atoms with E-state index >= 15 is 0 Å². The van der Waals surface area contributed by atoms with Crippen molar-refractivity contribution in [3.63, 3.8) is 0 Å². The number of anilines is 1. The highest BCUT2D eigenvalue weighted by Gasteiger charge is 2.26. The lowest BCUT2D eigenvalue weighted by Crippen LogP contribution is -2.50. The summed E-state index contributed by atoms with van der Waals surface area (Å²) in [6, 6.07) is 4.35. The molecule has 3 heterocycles. The van der Waals surface area contributed by atoms with Gasteiger partial charge in [-0.1, -0.05) is 29.3 Å². The van der Waals surface area contributed by atoms with Crippen LogP contribution in [0.4, 0.5) is 10.6 Å². The number of pyridine rings is 1. The van der Waals surface area contributed by atoms with Crippen LogP contribution in [0, 0.1) is 0 Å². The quantitative estimate of drug-likeness (QED) is 0.766. The van der Waals surface area contributed by atoms with Crippen molar-refractivity contribution in [2.24, 2.45) is 5.73 Å². The van der Waals surface area contributed by atoms with Crippen LogP contribution in [0.3, 0.4) is 0 Å². The third-order valence-electron chi connectivity index (χ3n) is 4.30. The van der Waals surface area contributed by atoms with E-state index in [2.05, 4.69) is 10.3 Å². The number of urea groups is 1. The van der Waals surface area contributed by atoms with E-state index in [9.17, 15) is 9.59 Å². The number of hydrogen-bond acceptors (Lipinski definition) is 5. The fraction of sp³-hybridized carbons (Fsp3) is 0.353. The molecule has 1 saturated heterocycles. The molecule has 1 atom stereocenters. The van der Waals surface area contributed by atoms with Crippen molar-refractivity contribution in [3.8, 4) is 0 Å². The van der Waals surface area contributed by atoms with Crippen LogP contribution >= 0.6 is 34.5 Å². The number of nitrogens with one attached hydrogen (secondary N) is 1. The Hall–Kier alpha value is -2.03. The van der Waals surface area contributed by atoms with Gasteiger partial charge in [0, 0.05) is 37.3 Å². The summed E-state index contributed by atoms with van der Waals surface area (Å²) in [4.78, 5) is 33.0. The number of rotatable bonds is 5. The molecule has 0 aromatic carbocycles. The number of thiophene rings is 1. The number of hydrogen-bond donors (Lipinski definition) is 2. The van der Waals surface area contributed by atoms with Crippen LogP contribution in [-0.2, 0) is 4.79 Å². The fourth-order valence-corrected chi connectivity index (χ4v) is 4.27. The van der Waals surface area contributed by atoms with Crippen molar-refractivity contribution in [1.29, 1.82) is 0 Å². The van der Waals surface area contributed by atoms with E-state index in [0.29, 0.717) is 42.0 Å². The molecule has 1 fully saturated rings. The number of nitrogens with zero attached hydrogens (tertiary/aromatic N) is 3. The number of aromatic nitrogens is 1. The summed E-state index contributed by atoms with van der Waals surface area (Å²) < 4.78 is 0. The molecular formula is C17H19Cl2N5O2S. The Balaban J connectivity index is 1.59. The Kier molecular flexibility index (Phi) is 6.41. The number of nitrogens with two attached hydrogens (primary N) is 1. The first-order valence-electron chi connectivity index (χ1n) is 8.37. The van der Waals surface area contributed by atoms with Gasteiger partial charge in [0.25, 0.3) is 0 Å². The standard InChI is InChI=1S/C17H19Cl2N5O2S/c18-11-8-12(19)16(21-10-11)24-5-3-23(4-6-24)15(25)9-13(22-17(20)26)14-2-1-7-27-14/h1-2,7-8,10,13H,3-6,9H2,(H3,20,22,26). The monoisotopic (exact) mass is 427 g/mol. The number of halogens is 2. The van der Waals surface area contributed by atoms with E-state index in [1.165, 1.54) is 11.3 Å². The molecule has 1 unspecified atom stereocenters. The Morgan fingerprint density at radius 2 is 2.04 bits per heavy atom. The first kappa shape index (κ1) is 19.7. The van der Waals surface area contributed by atoms with Gasteiger partial charge in [-0.05, 0) is 17.5 Å². The third kappa shape index (κ3) is 5.03. The predicted molar refractivity (Wildman–Crippen MR) is 107 cm³/mol. The van der Waals surface area contributed by atoms with Crippen LogP contribution in [0.2, 0.25) is 10.0 Å². The van der Waals surface area contributed by atoms with Crippen molar-refractivity contribution < 1.29 is 9.59 Å². The second-order valence-corrected chi connectivity index (χ2v) is 7.93. The Morgan fingerprint density at radius 1 is 1.30 bits per heavy atom. The van der Waals surface area contributed by atoms with E-state index in [-0.39, 0.29) is 12.3 Å². The maximum absolute atomic E-state index is 12.7. The summed E-state index contributed by atoms with van der Waals surface area (Å²) >= 11 is 13.6. The van der Waals surface area contributed by atoms with Crippen LogP contribution in [0.25, 0.3) is 0 Å². The average Bonchev–Trinajstić information content (AvgIpc) is 3.15. The summed E-state index contributed by atoms with van der Waals surface area (Å²) in [6.07, 6.45) is 1.73. The van der Waals surface area contributed by atoms with E-state index in [1.807, 2.05) is 22.4 Å². The van der Waals surface area contributed by atoms with Gasteiger partial charge < -0.3 is 20.9 Å². The molecule has 1 aliphatic rings. The maximum atomic E-state index is 12.7. The molecule has 3 N–H and O–H groups in total. The maximum Gasteiger partial charge on any atom is 0.312 e. The van der Waals surface area contributed by atoms with Crippen LogP contribution in [0.5, 0.6) is 0 Å². The lowest BCUT2D eigenvalue weighted by molar-refractivity contribution is -0.132. The number of amides is 3. The van der Waals surface area contributed by atoms with E-state index in [0.717, 1.165) is 4.88 Å². The molecule has 1 aliphatic heterocycles. The molecule has 0 spiro atoms. The first-order chi connectivity index (χ1) is 12.9. The SMILES string of the molecule is NC(=O)NC(CC(=O)N1CCN(c2ncc(Cl)cc2Cl)CC1)c1cccs1. The highest BCUT2D eigenvalue weighted by atomic mass is 35.5. The molecule has 0 aliphatic carbocycles. The van der Waals surface area contributed by atoms with E-state index in [4.69, 9.17) is 28.9 Å². The predicted octanol–water partition coefficient (Wildman–Crippen LogP) is 2.90. The summed E-state index contributed by atoms with van der Waals surface area (Å²) in [7, 11) is 0. The van der Waals surface area contributed by atoms with Gasteiger partial charge in [0.1, 0.15) is 5.82 Å². The Morgan fingerprint density at radius 3 is 2.63 bits per heavy atom. The normalized spacial score (nSPS) is 15.5. The fourth-order valence-electron chi connectivity index (χ4n) is 3.00. The lowest BCUT2D eigenvalue weighted by Gasteiger charge is -2.36. The van der Waals surface area contributed by atoms with Crippen LogP contribution < -0.4 is 16.0 Å². The van der Waals surface area contributed by atoms with Gasteiger partial charge in [-0.3, -0.25) is 4.79 Å². The zero-order valence-corrected chi connectivity index (χ0v) is 16.7. The average molecular weight is 428 g/mol. The molecule has 27 heavy (non-hydrogen) atoms. The number of carbonyl (C=O) groups is 2. The molecule has 2 aromatic rings. The summed E-state index contributed by atoms with van der Waals surface area (Å²) in [6.45, 7) is 2.33. The molecule has 144 valence electrons. The van der Waals surface area contributed by atoms with Gasteiger partial charge in [-0.2, -0.15) is 0 Å². The summed E-state index contributed by atoms with van der Waals surface area (Å²) in [5.41, 5.74) is 5.26. The van der Waals surface area contributed by atoms with Crippen LogP contribution in [0.15, 0.2) is 29.8 Å². The second kappa shape index (κ2) is 8.77. The van der Waals surface area contributed by atoms with Crippen molar-refractivity contribution in [2.45, 2.75) is 12.5 Å². The van der Waals surface area contributed by atoms with Crippen molar-refractivity contribution in [2.75, 3.05) is 31.1 Å². The zero-order valence-electron chi connectivity index (χ0n) is 14.4. The smallest absolute Gasteiger partial charge is 0.312 e. The van der Waals surface area contributed by atoms with Gasteiger partial charge in [0.05, 0.1) is 22.5 Å². The van der Waals surface area contributed by atoms with Gasteiger partial charge in [-0.25, -0.2) is 9.78 Å². The second-order valence-electron chi connectivity index (χ2n) is 6.11. The minimum atomic E-state index is -0.644. The highest BCUT2D eigenvalue weighted by molar-refractivity contribution is 7.10. The summed E-state index contributed by atoms with van der Waals surface area (Å²) in [5.74, 6) is 0.636. The Bertz CT molecular complexity index is 810. The molecule has 3 rings (SSSR count). The largest absolute Gasteiger partial charge is 0.352 e.